The van der Waals surface area contributed by atoms with Crippen LogP contribution in [0.25, 0.3) is 16.6 Å². The highest BCUT2D eigenvalue weighted by Gasteiger charge is 2.18. The van der Waals surface area contributed by atoms with Gasteiger partial charge in [-0.3, -0.25) is 9.69 Å². The Morgan fingerprint density at radius 2 is 1.93 bits per heavy atom. The summed E-state index contributed by atoms with van der Waals surface area (Å²) in [5.41, 5.74) is 2.32. The van der Waals surface area contributed by atoms with Crippen LogP contribution in [0.5, 0.6) is 5.75 Å². The number of anilines is 1. The maximum Gasteiger partial charge on any atom is 0.238 e. The minimum atomic E-state index is -0.239. The van der Waals surface area contributed by atoms with Crippen LogP contribution in [0.2, 0.25) is 0 Å². The Morgan fingerprint density at radius 1 is 1.23 bits per heavy atom. The Labute approximate surface area is 174 Å². The summed E-state index contributed by atoms with van der Waals surface area (Å²) in [7, 11) is 5.06. The van der Waals surface area contributed by atoms with Crippen LogP contribution in [-0.4, -0.2) is 52.7 Å². The average molecular weight is 405 g/mol. The van der Waals surface area contributed by atoms with Gasteiger partial charge < -0.3 is 19.7 Å². The number of hydrogen-bond acceptors (Lipinski definition) is 6. The number of nitrogens with one attached hydrogen (secondary N) is 1. The number of nitrogens with zero attached hydrogens (tertiary/aromatic N) is 4. The minimum absolute atomic E-state index is 0.0299. The van der Waals surface area contributed by atoms with Crippen LogP contribution >= 0.6 is 0 Å². The number of aliphatic hydroxyl groups excluding tert-OH is 1. The van der Waals surface area contributed by atoms with E-state index in [-0.39, 0.29) is 30.3 Å². The molecular weight excluding hydrogens is 382 g/mol. The number of hydrogen-bond donors (Lipinski definition) is 2. The van der Waals surface area contributed by atoms with Crippen molar-refractivity contribution in [2.75, 3.05) is 32.6 Å². The summed E-state index contributed by atoms with van der Waals surface area (Å²) in [6.45, 7) is 0.0689. The van der Waals surface area contributed by atoms with Gasteiger partial charge in [0.05, 0.1) is 31.2 Å². The minimum Gasteiger partial charge on any atom is -0.509 e. The van der Waals surface area contributed by atoms with E-state index in [0.29, 0.717) is 17.3 Å². The zero-order valence-electron chi connectivity index (χ0n) is 17.1. The van der Waals surface area contributed by atoms with Crippen LogP contribution < -0.4 is 10.1 Å². The van der Waals surface area contributed by atoms with Crippen LogP contribution in [0.3, 0.4) is 0 Å². The number of aliphatic hydroxyl groups is 1. The van der Waals surface area contributed by atoms with Gasteiger partial charge in [0.2, 0.25) is 5.91 Å². The maximum absolute atomic E-state index is 12.3. The second-order valence-corrected chi connectivity index (χ2v) is 6.87. The number of rotatable bonds is 7. The van der Waals surface area contributed by atoms with Gasteiger partial charge >= 0.3 is 0 Å². The molecule has 8 heteroatoms. The van der Waals surface area contributed by atoms with Gasteiger partial charge in [-0.05, 0) is 43.4 Å². The number of imidazole rings is 1. The van der Waals surface area contributed by atoms with E-state index < -0.39 is 0 Å². The van der Waals surface area contributed by atoms with Gasteiger partial charge in [0.15, 0.2) is 5.82 Å². The van der Waals surface area contributed by atoms with Crippen LogP contribution in [0.1, 0.15) is 5.82 Å². The van der Waals surface area contributed by atoms with E-state index in [4.69, 9.17) is 4.74 Å². The molecule has 1 heterocycles. The van der Waals surface area contributed by atoms with Crippen molar-refractivity contribution in [3.8, 4) is 11.8 Å². The number of fused-ring (bicyclic) bond motifs is 1. The normalized spacial score (nSPS) is 11.8. The maximum atomic E-state index is 12.3. The molecule has 0 unspecified atom stereocenters. The molecule has 154 valence electrons. The third kappa shape index (κ3) is 4.59. The van der Waals surface area contributed by atoms with Crippen molar-refractivity contribution < 1.29 is 14.6 Å². The number of benzene rings is 2. The zero-order chi connectivity index (χ0) is 21.7. The first kappa shape index (κ1) is 20.9. The number of ether oxygens (including phenoxy) is 1. The number of aromatic nitrogens is 2. The van der Waals surface area contributed by atoms with Gasteiger partial charge in [0.1, 0.15) is 23.2 Å². The summed E-state index contributed by atoms with van der Waals surface area (Å²) >= 11 is 0. The van der Waals surface area contributed by atoms with E-state index in [9.17, 15) is 15.2 Å². The molecule has 2 aromatic carbocycles. The molecule has 0 saturated carbocycles. The van der Waals surface area contributed by atoms with Crippen molar-refractivity contribution >= 4 is 28.2 Å². The lowest BCUT2D eigenvalue weighted by molar-refractivity contribution is -0.117. The fourth-order valence-electron chi connectivity index (χ4n) is 3.12. The SMILES string of the molecule is COc1ccc(NC(=O)CN(C)C/C(O)=C(\C#N)c2nc3ccccc3n2C)cc1. The summed E-state index contributed by atoms with van der Waals surface area (Å²) in [5.74, 6) is 0.700. The summed E-state index contributed by atoms with van der Waals surface area (Å²) in [4.78, 5) is 18.4. The van der Waals surface area contributed by atoms with Gasteiger partial charge in [0, 0.05) is 12.7 Å². The fourth-order valence-corrected chi connectivity index (χ4v) is 3.12. The van der Waals surface area contributed by atoms with Gasteiger partial charge in [-0.25, -0.2) is 4.98 Å². The molecule has 30 heavy (non-hydrogen) atoms. The van der Waals surface area contributed by atoms with Crippen molar-refractivity contribution in [1.82, 2.24) is 14.5 Å². The monoisotopic (exact) mass is 405 g/mol. The number of aryl methyl sites for hydroxylation is 1. The molecule has 3 rings (SSSR count). The van der Waals surface area contributed by atoms with Crippen molar-refractivity contribution in [3.63, 3.8) is 0 Å². The second-order valence-electron chi connectivity index (χ2n) is 6.87. The van der Waals surface area contributed by atoms with Gasteiger partial charge in [-0.2, -0.15) is 5.26 Å². The highest BCUT2D eigenvalue weighted by molar-refractivity contribution is 5.92. The number of carbonyl (C=O) groups is 1. The number of nitriles is 1. The lowest BCUT2D eigenvalue weighted by atomic mass is 10.2. The molecule has 0 spiro atoms. The first-order chi connectivity index (χ1) is 14.4. The zero-order valence-corrected chi connectivity index (χ0v) is 17.1. The first-order valence-electron chi connectivity index (χ1n) is 9.29. The number of methoxy groups -OCH3 is 1. The van der Waals surface area contributed by atoms with Gasteiger partial charge in [0.25, 0.3) is 0 Å². The number of likely N-dealkylation sites (N-methyl/N-ethyl adjacent to an activating group) is 1. The quantitative estimate of drug-likeness (QED) is 0.463. The third-order valence-electron chi connectivity index (χ3n) is 4.62. The largest absolute Gasteiger partial charge is 0.509 e. The molecule has 2 N–H and O–H groups in total. The summed E-state index contributed by atoms with van der Waals surface area (Å²) in [5, 5.41) is 22.9. The van der Waals surface area contributed by atoms with Crippen molar-refractivity contribution in [2.24, 2.45) is 7.05 Å². The molecule has 1 amide bonds. The van der Waals surface area contributed by atoms with Crippen LogP contribution in [0.4, 0.5) is 5.69 Å². The summed E-state index contributed by atoms with van der Waals surface area (Å²) in [6.07, 6.45) is 0. The van der Waals surface area contributed by atoms with Crippen LogP contribution in [0, 0.1) is 11.3 Å². The molecule has 0 bridgehead atoms. The molecule has 0 atom stereocenters. The first-order valence-corrected chi connectivity index (χ1v) is 9.29. The molecule has 3 aromatic rings. The summed E-state index contributed by atoms with van der Waals surface area (Å²) in [6, 6.07) is 16.5. The lowest BCUT2D eigenvalue weighted by Gasteiger charge is -2.16. The second kappa shape index (κ2) is 9.11. The molecule has 0 aliphatic heterocycles. The van der Waals surface area contributed by atoms with Crippen molar-refractivity contribution in [3.05, 3.63) is 60.1 Å². The molecule has 0 aliphatic rings. The van der Waals surface area contributed by atoms with E-state index in [1.807, 2.05) is 30.3 Å². The molecule has 0 fully saturated rings. The lowest BCUT2D eigenvalue weighted by Crippen LogP contribution is -2.31. The molecule has 0 aliphatic carbocycles. The molecule has 8 nitrogen and oxygen atoms in total. The van der Waals surface area contributed by atoms with E-state index in [1.54, 1.807) is 54.9 Å². The third-order valence-corrected chi connectivity index (χ3v) is 4.62. The number of amides is 1. The molecule has 1 aromatic heterocycles. The van der Waals surface area contributed by atoms with Crippen LogP contribution in [0.15, 0.2) is 54.3 Å². The Balaban J connectivity index is 1.69. The Hall–Kier alpha value is -3.83. The molecular formula is C22H23N5O3. The van der Waals surface area contributed by atoms with Gasteiger partial charge in [-0.1, -0.05) is 12.1 Å². The standard InChI is InChI=1S/C22H23N5O3/c1-26(14-21(29)24-15-8-10-16(30-3)11-9-15)13-20(28)17(12-23)22-25-18-6-4-5-7-19(18)27(22)2/h4-11,28H,13-14H2,1-3H3,(H,24,29)/b20-17-. The van der Waals surface area contributed by atoms with Crippen molar-refractivity contribution in [2.45, 2.75) is 0 Å². The number of carbonyl (C=O) groups excluding carboxylic acids is 1. The number of allylic oxidation sites excluding steroid dienone is 1. The van der Waals surface area contributed by atoms with Crippen LogP contribution in [-0.2, 0) is 11.8 Å². The van der Waals surface area contributed by atoms with E-state index in [1.165, 1.54) is 0 Å². The van der Waals surface area contributed by atoms with E-state index in [0.717, 1.165) is 11.0 Å². The average Bonchev–Trinajstić information content (AvgIpc) is 3.05. The predicted octanol–water partition coefficient (Wildman–Crippen LogP) is 2.95. The predicted molar refractivity (Wildman–Crippen MR) is 115 cm³/mol. The number of para-hydroxylation sites is 2. The fraction of sp³-hybridized carbons (Fsp3) is 0.227. The highest BCUT2D eigenvalue weighted by Crippen LogP contribution is 2.22. The Bertz CT molecular complexity index is 1130. The molecule has 0 radical (unpaired) electrons. The van der Waals surface area contributed by atoms with Crippen molar-refractivity contribution in [1.29, 1.82) is 5.26 Å². The van der Waals surface area contributed by atoms with E-state index >= 15 is 0 Å². The molecule has 0 saturated heterocycles. The van der Waals surface area contributed by atoms with E-state index in [2.05, 4.69) is 10.3 Å². The topological polar surface area (TPSA) is 103 Å². The smallest absolute Gasteiger partial charge is 0.238 e. The summed E-state index contributed by atoms with van der Waals surface area (Å²) < 4.78 is 6.86. The highest BCUT2D eigenvalue weighted by atomic mass is 16.5. The van der Waals surface area contributed by atoms with Gasteiger partial charge in [-0.15, -0.1) is 0 Å². The Morgan fingerprint density at radius 3 is 2.57 bits per heavy atom. The Kier molecular flexibility index (Phi) is 6.35.